The van der Waals surface area contributed by atoms with Gasteiger partial charge in [-0.3, -0.25) is 0 Å². The van der Waals surface area contributed by atoms with Gasteiger partial charge in [0.05, 0.1) is 6.10 Å². The second-order valence-corrected chi connectivity index (χ2v) is 9.41. The predicted octanol–water partition coefficient (Wildman–Crippen LogP) is 7.65. The van der Waals surface area contributed by atoms with Gasteiger partial charge in [-0.1, -0.05) is 44.0 Å². The van der Waals surface area contributed by atoms with Gasteiger partial charge in [0, 0.05) is 6.61 Å². The fraction of sp³-hybridized carbons (Fsp3) is 0.667. The fourth-order valence-corrected chi connectivity index (χ4v) is 5.14. The quantitative estimate of drug-likeness (QED) is 0.309. The lowest BCUT2D eigenvalue weighted by atomic mass is 9.81. The maximum atomic E-state index is 13.1. The normalized spacial score (nSPS) is 27.6. The smallest absolute Gasteiger partial charge is 0.196 e. The van der Waals surface area contributed by atoms with Gasteiger partial charge < -0.3 is 4.74 Å². The zero-order chi connectivity index (χ0) is 21.2. The van der Waals surface area contributed by atoms with Crippen molar-refractivity contribution in [2.24, 2.45) is 11.8 Å². The van der Waals surface area contributed by atoms with E-state index >= 15 is 0 Å². The molecule has 3 heteroatoms. The molecule has 0 saturated heterocycles. The summed E-state index contributed by atoms with van der Waals surface area (Å²) < 4.78 is 19.4. The molecule has 3 rings (SSSR count). The SMILES string of the molecule is CCCCCc1ccc([C@H]2CC[C@H](OC[C@H]3CC[C@H](C=C(F)C#N)CC3)CC2)cc1. The molecule has 2 aliphatic rings. The van der Waals surface area contributed by atoms with Crippen molar-refractivity contribution in [1.82, 2.24) is 0 Å². The fourth-order valence-electron chi connectivity index (χ4n) is 5.14. The molecule has 0 aliphatic heterocycles. The first-order valence-corrected chi connectivity index (χ1v) is 12.2. The minimum Gasteiger partial charge on any atom is -0.378 e. The van der Waals surface area contributed by atoms with Crippen molar-refractivity contribution in [2.75, 3.05) is 6.61 Å². The average molecular weight is 412 g/mol. The summed E-state index contributed by atoms with van der Waals surface area (Å²) >= 11 is 0. The molecule has 2 nitrogen and oxygen atoms in total. The van der Waals surface area contributed by atoms with Crippen LogP contribution in [0.4, 0.5) is 4.39 Å². The molecule has 2 aliphatic carbocycles. The third-order valence-electron chi connectivity index (χ3n) is 7.14. The third kappa shape index (κ3) is 7.24. The largest absolute Gasteiger partial charge is 0.378 e. The Balaban J connectivity index is 1.34. The van der Waals surface area contributed by atoms with E-state index in [-0.39, 0.29) is 5.92 Å². The molecule has 0 aromatic heterocycles. The summed E-state index contributed by atoms with van der Waals surface area (Å²) in [5.41, 5.74) is 2.98. The van der Waals surface area contributed by atoms with Crippen LogP contribution in [-0.2, 0) is 11.2 Å². The first-order chi connectivity index (χ1) is 14.7. The van der Waals surface area contributed by atoms with Crippen molar-refractivity contribution in [1.29, 1.82) is 5.26 Å². The van der Waals surface area contributed by atoms with Gasteiger partial charge in [-0.2, -0.15) is 9.65 Å². The number of nitriles is 1. The number of halogens is 1. The monoisotopic (exact) mass is 411 g/mol. The topological polar surface area (TPSA) is 33.0 Å². The zero-order valence-electron chi connectivity index (χ0n) is 18.6. The van der Waals surface area contributed by atoms with Crippen LogP contribution in [-0.4, -0.2) is 12.7 Å². The molecule has 0 N–H and O–H groups in total. The predicted molar refractivity (Wildman–Crippen MR) is 121 cm³/mol. The van der Waals surface area contributed by atoms with Crippen molar-refractivity contribution >= 4 is 0 Å². The van der Waals surface area contributed by atoms with E-state index < -0.39 is 5.83 Å². The van der Waals surface area contributed by atoms with Crippen LogP contribution in [0.5, 0.6) is 0 Å². The molecule has 0 atom stereocenters. The molecule has 0 radical (unpaired) electrons. The van der Waals surface area contributed by atoms with Crippen LogP contribution in [0.15, 0.2) is 36.2 Å². The number of ether oxygens (including phenoxy) is 1. The summed E-state index contributed by atoms with van der Waals surface area (Å²) in [6.45, 7) is 3.10. The van der Waals surface area contributed by atoms with Crippen molar-refractivity contribution in [3.8, 4) is 6.07 Å². The van der Waals surface area contributed by atoms with Gasteiger partial charge in [-0.15, -0.1) is 0 Å². The molecule has 0 amide bonds. The van der Waals surface area contributed by atoms with E-state index in [1.54, 1.807) is 6.07 Å². The molecule has 2 fully saturated rings. The summed E-state index contributed by atoms with van der Waals surface area (Å²) in [5.74, 6) is 0.886. The minimum atomic E-state index is -0.627. The summed E-state index contributed by atoms with van der Waals surface area (Å²) in [7, 11) is 0. The Morgan fingerprint density at radius 3 is 2.37 bits per heavy atom. The molecule has 0 spiro atoms. The molecule has 0 bridgehead atoms. The van der Waals surface area contributed by atoms with Gasteiger partial charge in [-0.25, -0.2) is 0 Å². The second kappa shape index (κ2) is 12.3. The number of unbranched alkanes of at least 4 members (excludes halogenated alkanes) is 2. The van der Waals surface area contributed by atoms with E-state index in [0.717, 1.165) is 45.1 Å². The van der Waals surface area contributed by atoms with E-state index in [2.05, 4.69) is 31.2 Å². The Morgan fingerprint density at radius 2 is 1.73 bits per heavy atom. The molecule has 30 heavy (non-hydrogen) atoms. The van der Waals surface area contributed by atoms with Crippen LogP contribution in [0.1, 0.15) is 94.6 Å². The van der Waals surface area contributed by atoms with Crippen LogP contribution in [0.2, 0.25) is 0 Å². The van der Waals surface area contributed by atoms with Crippen molar-refractivity contribution < 1.29 is 9.13 Å². The summed E-state index contributed by atoms with van der Waals surface area (Å²) in [6.07, 6.45) is 15.9. The molecule has 2 saturated carbocycles. The van der Waals surface area contributed by atoms with Crippen LogP contribution in [0.25, 0.3) is 0 Å². The van der Waals surface area contributed by atoms with Gasteiger partial charge in [0.2, 0.25) is 0 Å². The van der Waals surface area contributed by atoms with Crippen LogP contribution in [0.3, 0.4) is 0 Å². The van der Waals surface area contributed by atoms with Gasteiger partial charge in [0.25, 0.3) is 0 Å². The van der Waals surface area contributed by atoms with E-state index in [4.69, 9.17) is 10.00 Å². The first-order valence-electron chi connectivity index (χ1n) is 12.2. The summed E-state index contributed by atoms with van der Waals surface area (Å²) in [4.78, 5) is 0. The van der Waals surface area contributed by atoms with Crippen LogP contribution < -0.4 is 0 Å². The van der Waals surface area contributed by atoms with Gasteiger partial charge >= 0.3 is 0 Å². The Labute approximate surface area is 182 Å². The number of hydrogen-bond acceptors (Lipinski definition) is 2. The standard InChI is InChI=1S/C27H38FNO/c1-2-3-4-5-21-10-12-24(13-11-21)25-14-16-27(17-15-25)30-20-23-8-6-22(7-9-23)18-26(28)19-29/h10-13,18,22-23,25,27H,2-9,14-17,20H2,1H3/t22-,23-,25-,27-. The molecular formula is C27H38FNO. The number of benzene rings is 1. The lowest BCUT2D eigenvalue weighted by Crippen LogP contribution is -2.25. The average Bonchev–Trinajstić information content (AvgIpc) is 2.79. The molecular weight excluding hydrogens is 373 g/mol. The molecule has 164 valence electrons. The van der Waals surface area contributed by atoms with Gasteiger partial charge in [-0.05, 0) is 99.2 Å². The number of aryl methyl sites for hydroxylation is 1. The van der Waals surface area contributed by atoms with Crippen molar-refractivity contribution in [2.45, 2.75) is 96.0 Å². The third-order valence-corrected chi connectivity index (χ3v) is 7.14. The van der Waals surface area contributed by atoms with Gasteiger partial charge in [0.15, 0.2) is 5.83 Å². The lowest BCUT2D eigenvalue weighted by molar-refractivity contribution is -0.00340. The molecule has 0 heterocycles. The maximum Gasteiger partial charge on any atom is 0.196 e. The van der Waals surface area contributed by atoms with Crippen molar-refractivity contribution in [3.63, 3.8) is 0 Å². The number of rotatable bonds is 9. The van der Waals surface area contributed by atoms with Crippen LogP contribution >= 0.6 is 0 Å². The highest BCUT2D eigenvalue weighted by Gasteiger charge is 2.25. The Hall–Kier alpha value is -1.66. The Kier molecular flexibility index (Phi) is 9.40. The number of hydrogen-bond donors (Lipinski definition) is 0. The summed E-state index contributed by atoms with van der Waals surface area (Å²) in [6, 6.07) is 11.0. The Bertz CT molecular complexity index is 689. The van der Waals surface area contributed by atoms with E-state index in [0.29, 0.717) is 17.9 Å². The van der Waals surface area contributed by atoms with E-state index in [9.17, 15) is 4.39 Å². The van der Waals surface area contributed by atoms with E-state index in [1.165, 1.54) is 55.7 Å². The number of nitrogens with zero attached hydrogens (tertiary/aromatic N) is 1. The highest BCUT2D eigenvalue weighted by Crippen LogP contribution is 2.36. The maximum absolute atomic E-state index is 13.1. The zero-order valence-corrected chi connectivity index (χ0v) is 18.6. The van der Waals surface area contributed by atoms with Gasteiger partial charge in [0.1, 0.15) is 6.07 Å². The van der Waals surface area contributed by atoms with Crippen molar-refractivity contribution in [3.05, 3.63) is 47.3 Å². The number of allylic oxidation sites excluding steroid dienone is 2. The lowest BCUT2D eigenvalue weighted by Gasteiger charge is -2.32. The highest BCUT2D eigenvalue weighted by molar-refractivity contribution is 5.26. The first kappa shape index (κ1) is 23.0. The highest BCUT2D eigenvalue weighted by atomic mass is 19.1. The van der Waals surface area contributed by atoms with Crippen LogP contribution in [0, 0.1) is 23.2 Å². The minimum absolute atomic E-state index is 0.231. The molecule has 0 unspecified atom stereocenters. The summed E-state index contributed by atoms with van der Waals surface area (Å²) in [5, 5.41) is 8.58. The van der Waals surface area contributed by atoms with E-state index in [1.807, 2.05) is 0 Å². The second-order valence-electron chi connectivity index (χ2n) is 9.41. The Morgan fingerprint density at radius 1 is 1.03 bits per heavy atom. The molecule has 1 aromatic carbocycles. The molecule has 1 aromatic rings.